The van der Waals surface area contributed by atoms with E-state index in [-0.39, 0.29) is 5.75 Å². The highest BCUT2D eigenvalue weighted by atomic mass is 16.3. The third-order valence-electron chi connectivity index (χ3n) is 12.9. The zero-order valence-electron chi connectivity index (χ0n) is 37.0. The summed E-state index contributed by atoms with van der Waals surface area (Å²) >= 11 is 0. The minimum Gasteiger partial charge on any atom is -0.508 e. The lowest BCUT2D eigenvalue weighted by Gasteiger charge is -2.30. The third-order valence-corrected chi connectivity index (χ3v) is 12.9. The average Bonchev–Trinajstić information content (AvgIpc) is 3.33. The van der Waals surface area contributed by atoms with Crippen LogP contribution in [0.5, 0.6) is 5.75 Å². The summed E-state index contributed by atoms with van der Waals surface area (Å²) in [6, 6.07) is 76.4. The number of benzene rings is 11. The maximum atomic E-state index is 12.0. The Hall–Kier alpha value is -8.14. The SMILES string of the molecule is Cc1ccc(N(c2ccc(C)cc2)c2c3ccccc3c(-c3cc(O)cc(-c4c5ccccc5c(N(c5ccc(C)cc5)c5ccc(C)cc5)c5ccccc45)c3)c3ccccc23)cc1. The van der Waals surface area contributed by atoms with Crippen LogP contribution in [0.2, 0.25) is 0 Å². The summed E-state index contributed by atoms with van der Waals surface area (Å²) in [5, 5.41) is 20.9. The zero-order chi connectivity index (χ0) is 44.2. The van der Waals surface area contributed by atoms with Crippen LogP contribution in [0.15, 0.2) is 212 Å². The average molecular weight is 837 g/mol. The van der Waals surface area contributed by atoms with Crippen LogP contribution >= 0.6 is 0 Å². The van der Waals surface area contributed by atoms with Gasteiger partial charge in [-0.05, 0) is 138 Å². The Morgan fingerprint density at radius 3 is 0.754 bits per heavy atom. The lowest BCUT2D eigenvalue weighted by molar-refractivity contribution is 0.476. The van der Waals surface area contributed by atoms with Crippen molar-refractivity contribution < 1.29 is 5.11 Å². The maximum absolute atomic E-state index is 12.0. The molecule has 11 aromatic carbocycles. The number of fused-ring (bicyclic) bond motifs is 4. The second kappa shape index (κ2) is 16.2. The molecule has 0 aliphatic rings. The molecule has 0 aliphatic heterocycles. The zero-order valence-corrected chi connectivity index (χ0v) is 37.0. The van der Waals surface area contributed by atoms with Gasteiger partial charge >= 0.3 is 0 Å². The highest BCUT2D eigenvalue weighted by molar-refractivity contribution is 6.25. The van der Waals surface area contributed by atoms with Gasteiger partial charge in [0.2, 0.25) is 0 Å². The summed E-state index contributed by atoms with van der Waals surface area (Å²) in [6.07, 6.45) is 0. The van der Waals surface area contributed by atoms with E-state index < -0.39 is 0 Å². The molecule has 0 aliphatic carbocycles. The van der Waals surface area contributed by atoms with Gasteiger partial charge in [0.15, 0.2) is 0 Å². The van der Waals surface area contributed by atoms with Crippen LogP contribution in [0.4, 0.5) is 34.1 Å². The largest absolute Gasteiger partial charge is 0.508 e. The molecule has 0 spiro atoms. The number of phenols is 1. The number of aryl methyl sites for hydroxylation is 4. The highest BCUT2D eigenvalue weighted by Gasteiger charge is 2.25. The van der Waals surface area contributed by atoms with Crippen molar-refractivity contribution in [2.45, 2.75) is 27.7 Å². The first-order valence-electron chi connectivity index (χ1n) is 22.4. The standard InChI is InChI=1S/C62H48N2O/c1-40-21-29-46(30-22-40)63(47-31-23-41(2)24-32-47)61-55-17-9-5-13-51(55)59(52-14-6-10-18-56(52)61)44-37-45(39-50(65)38-44)60-53-15-7-11-19-57(53)62(58-20-12-8-16-54(58)60)64(48-33-25-42(3)26-34-48)49-35-27-43(4)28-36-49/h5-39,65H,1-4H3. The van der Waals surface area contributed by atoms with Gasteiger partial charge < -0.3 is 14.9 Å². The lowest BCUT2D eigenvalue weighted by Crippen LogP contribution is -2.11. The van der Waals surface area contributed by atoms with Crippen LogP contribution in [-0.2, 0) is 0 Å². The van der Waals surface area contributed by atoms with E-state index in [0.29, 0.717) is 0 Å². The minimum atomic E-state index is 0.217. The summed E-state index contributed by atoms with van der Waals surface area (Å²) < 4.78 is 0. The Morgan fingerprint density at radius 1 is 0.277 bits per heavy atom. The molecule has 3 nitrogen and oxygen atoms in total. The second-order valence-electron chi connectivity index (χ2n) is 17.4. The van der Waals surface area contributed by atoms with E-state index in [2.05, 4.69) is 238 Å². The Morgan fingerprint density at radius 2 is 0.508 bits per heavy atom. The smallest absolute Gasteiger partial charge is 0.116 e. The van der Waals surface area contributed by atoms with Gasteiger partial charge in [-0.3, -0.25) is 0 Å². The first kappa shape index (κ1) is 39.7. The molecule has 3 heteroatoms. The van der Waals surface area contributed by atoms with Gasteiger partial charge in [-0.1, -0.05) is 168 Å². The first-order chi connectivity index (χ1) is 31.8. The van der Waals surface area contributed by atoms with E-state index in [9.17, 15) is 5.11 Å². The summed E-state index contributed by atoms with van der Waals surface area (Å²) in [5.74, 6) is 0.217. The lowest BCUT2D eigenvalue weighted by atomic mass is 9.86. The van der Waals surface area contributed by atoms with E-state index in [0.717, 1.165) is 99.5 Å². The molecular weight excluding hydrogens is 789 g/mol. The monoisotopic (exact) mass is 836 g/mol. The van der Waals surface area contributed by atoms with Gasteiger partial charge in [-0.25, -0.2) is 0 Å². The van der Waals surface area contributed by atoms with Crippen molar-refractivity contribution in [2.24, 2.45) is 0 Å². The third kappa shape index (κ3) is 7.03. The molecule has 0 saturated heterocycles. The second-order valence-corrected chi connectivity index (χ2v) is 17.4. The molecule has 0 unspecified atom stereocenters. The van der Waals surface area contributed by atoms with Crippen LogP contribution in [0.3, 0.4) is 0 Å². The summed E-state index contributed by atoms with van der Waals surface area (Å²) in [4.78, 5) is 4.80. The first-order valence-corrected chi connectivity index (χ1v) is 22.4. The van der Waals surface area contributed by atoms with E-state index in [1.807, 2.05) is 12.1 Å². The molecule has 11 aromatic rings. The topological polar surface area (TPSA) is 26.7 Å². The number of hydrogen-bond acceptors (Lipinski definition) is 3. The molecule has 312 valence electrons. The molecule has 0 fully saturated rings. The molecule has 0 atom stereocenters. The van der Waals surface area contributed by atoms with E-state index in [4.69, 9.17) is 0 Å². The van der Waals surface area contributed by atoms with Gasteiger partial charge in [-0.2, -0.15) is 0 Å². The van der Waals surface area contributed by atoms with Crippen LogP contribution in [0, 0.1) is 27.7 Å². The number of anilines is 6. The molecule has 11 rings (SSSR count). The number of hydrogen-bond donors (Lipinski definition) is 1. The number of nitrogens with zero attached hydrogens (tertiary/aromatic N) is 2. The summed E-state index contributed by atoms with van der Waals surface area (Å²) in [7, 11) is 0. The molecule has 0 heterocycles. The van der Waals surface area contributed by atoms with Gasteiger partial charge in [0.1, 0.15) is 5.75 Å². The highest BCUT2D eigenvalue weighted by Crippen LogP contribution is 2.51. The Labute approximate surface area is 380 Å². The molecule has 0 radical (unpaired) electrons. The Balaban J connectivity index is 1.18. The van der Waals surface area contributed by atoms with E-state index in [1.165, 1.54) is 22.3 Å². The molecule has 0 amide bonds. The van der Waals surface area contributed by atoms with Gasteiger partial charge in [0.25, 0.3) is 0 Å². The Bertz CT molecular complexity index is 3130. The van der Waals surface area contributed by atoms with Crippen LogP contribution in [0.1, 0.15) is 22.3 Å². The van der Waals surface area contributed by atoms with Crippen LogP contribution in [0.25, 0.3) is 65.3 Å². The fourth-order valence-electron chi connectivity index (χ4n) is 9.80. The van der Waals surface area contributed by atoms with Crippen LogP contribution < -0.4 is 9.80 Å². The van der Waals surface area contributed by atoms with Gasteiger partial charge in [-0.15, -0.1) is 0 Å². The van der Waals surface area contributed by atoms with Crippen molar-refractivity contribution >= 4 is 77.2 Å². The normalized spacial score (nSPS) is 11.4. The van der Waals surface area contributed by atoms with Gasteiger partial charge in [0, 0.05) is 44.3 Å². The predicted molar refractivity (Wildman–Crippen MR) is 277 cm³/mol. The van der Waals surface area contributed by atoms with Crippen molar-refractivity contribution in [3.05, 3.63) is 235 Å². The minimum absolute atomic E-state index is 0.217. The molecule has 0 aromatic heterocycles. The quantitative estimate of drug-likeness (QED) is 0.154. The summed E-state index contributed by atoms with van der Waals surface area (Å²) in [6.45, 7) is 8.53. The van der Waals surface area contributed by atoms with Crippen molar-refractivity contribution in [2.75, 3.05) is 9.80 Å². The van der Waals surface area contributed by atoms with Crippen LogP contribution in [-0.4, -0.2) is 5.11 Å². The van der Waals surface area contributed by atoms with Crippen molar-refractivity contribution in [3.63, 3.8) is 0 Å². The van der Waals surface area contributed by atoms with E-state index in [1.54, 1.807) is 0 Å². The maximum Gasteiger partial charge on any atom is 0.116 e. The molecule has 1 N–H and O–H groups in total. The van der Waals surface area contributed by atoms with Gasteiger partial charge in [0.05, 0.1) is 11.4 Å². The molecule has 0 bridgehead atoms. The van der Waals surface area contributed by atoms with E-state index >= 15 is 0 Å². The number of rotatable bonds is 8. The molecule has 65 heavy (non-hydrogen) atoms. The predicted octanol–water partition coefficient (Wildman–Crippen LogP) is 17.5. The number of aromatic hydroxyl groups is 1. The summed E-state index contributed by atoms with van der Waals surface area (Å²) in [5.41, 5.74) is 15.5. The fraction of sp³-hybridized carbons (Fsp3) is 0.0645. The van der Waals surface area contributed by atoms with Crippen molar-refractivity contribution in [1.82, 2.24) is 0 Å². The Kier molecular flexibility index (Phi) is 9.89. The van der Waals surface area contributed by atoms with Crippen molar-refractivity contribution in [1.29, 1.82) is 0 Å². The number of phenolic OH excluding ortho intramolecular Hbond substituents is 1. The molecule has 0 saturated carbocycles. The fourth-order valence-corrected chi connectivity index (χ4v) is 9.80. The van der Waals surface area contributed by atoms with Crippen molar-refractivity contribution in [3.8, 4) is 28.0 Å². The molecular formula is C62H48N2O.